The molecule has 0 radical (unpaired) electrons. The van der Waals surface area contributed by atoms with Gasteiger partial charge in [-0.15, -0.1) is 0 Å². The Bertz CT molecular complexity index is 372. The Kier molecular flexibility index (Phi) is 4.60. The van der Waals surface area contributed by atoms with Gasteiger partial charge in [0.1, 0.15) is 5.78 Å². The van der Waals surface area contributed by atoms with E-state index < -0.39 is 4.92 Å². The molecule has 0 amide bonds. The Morgan fingerprint density at radius 2 is 2.00 bits per heavy atom. The molecule has 5 nitrogen and oxygen atoms in total. The van der Waals surface area contributed by atoms with Crippen LogP contribution < -0.4 is 0 Å². The number of methoxy groups -OCH3 is 1. The average Bonchev–Trinajstić information content (AvgIpc) is 2.27. The number of nitro groups is 1. The molecule has 0 atom stereocenters. The minimum absolute atomic E-state index is 0.0353. The third-order valence-electron chi connectivity index (χ3n) is 2.13. The number of nitrogens with zero attached hydrogens (tertiary/aromatic N) is 1. The van der Waals surface area contributed by atoms with Crippen LogP contribution >= 0.6 is 0 Å². The topological polar surface area (TPSA) is 69.4 Å². The van der Waals surface area contributed by atoms with E-state index in [9.17, 15) is 14.9 Å². The summed E-state index contributed by atoms with van der Waals surface area (Å²) in [6.45, 7) is 0.409. The van der Waals surface area contributed by atoms with Crippen LogP contribution in [-0.2, 0) is 16.0 Å². The summed E-state index contributed by atoms with van der Waals surface area (Å²) in [6.07, 6.45) is 0.662. The number of hydrogen-bond acceptors (Lipinski definition) is 4. The minimum atomic E-state index is -0.462. The molecule has 0 bridgehead atoms. The highest BCUT2D eigenvalue weighted by molar-refractivity contribution is 5.80. The second-order valence-corrected chi connectivity index (χ2v) is 3.38. The zero-order valence-corrected chi connectivity index (χ0v) is 9.01. The summed E-state index contributed by atoms with van der Waals surface area (Å²) in [4.78, 5) is 21.3. The number of nitro benzene ring substituents is 1. The number of ether oxygens (including phenoxy) is 1. The lowest BCUT2D eigenvalue weighted by atomic mass is 10.1. The minimum Gasteiger partial charge on any atom is -0.384 e. The van der Waals surface area contributed by atoms with Crippen molar-refractivity contribution >= 4 is 11.5 Å². The van der Waals surface area contributed by atoms with E-state index in [1.807, 2.05) is 0 Å². The van der Waals surface area contributed by atoms with Crippen LogP contribution in [0.15, 0.2) is 24.3 Å². The summed E-state index contributed by atoms with van der Waals surface area (Å²) >= 11 is 0. The van der Waals surface area contributed by atoms with Gasteiger partial charge in [0.2, 0.25) is 0 Å². The Labute approximate surface area is 93.2 Å². The summed E-state index contributed by atoms with van der Waals surface area (Å²) in [7, 11) is 1.54. The van der Waals surface area contributed by atoms with Crippen molar-refractivity contribution < 1.29 is 14.5 Å². The SMILES string of the molecule is COCCC(=O)Cc1ccc([N+](=O)[O-])cc1. The van der Waals surface area contributed by atoms with Crippen molar-refractivity contribution in [1.29, 1.82) is 0 Å². The number of rotatable bonds is 6. The summed E-state index contributed by atoms with van der Waals surface area (Å²) in [5.74, 6) is 0.0655. The van der Waals surface area contributed by atoms with Crippen LogP contribution in [0.1, 0.15) is 12.0 Å². The van der Waals surface area contributed by atoms with Gasteiger partial charge < -0.3 is 4.74 Å². The molecule has 86 valence electrons. The van der Waals surface area contributed by atoms with Gasteiger partial charge in [0.05, 0.1) is 11.5 Å². The Balaban J connectivity index is 2.55. The van der Waals surface area contributed by atoms with E-state index in [4.69, 9.17) is 4.74 Å². The lowest BCUT2D eigenvalue weighted by Gasteiger charge is -2.00. The second kappa shape index (κ2) is 5.97. The zero-order chi connectivity index (χ0) is 12.0. The largest absolute Gasteiger partial charge is 0.384 e. The molecule has 0 aliphatic heterocycles. The molecule has 0 aliphatic carbocycles. The molecule has 0 N–H and O–H groups in total. The van der Waals surface area contributed by atoms with Crippen molar-refractivity contribution in [3.8, 4) is 0 Å². The number of hydrogen-bond donors (Lipinski definition) is 0. The van der Waals surface area contributed by atoms with E-state index in [1.165, 1.54) is 12.1 Å². The Hall–Kier alpha value is -1.75. The van der Waals surface area contributed by atoms with Gasteiger partial charge in [-0.05, 0) is 5.56 Å². The average molecular weight is 223 g/mol. The molecule has 1 aromatic rings. The predicted octanol–water partition coefficient (Wildman–Crippen LogP) is 1.74. The van der Waals surface area contributed by atoms with Crippen molar-refractivity contribution in [2.75, 3.05) is 13.7 Å². The molecule has 0 heterocycles. The molecule has 0 aromatic heterocycles. The van der Waals surface area contributed by atoms with Crippen LogP contribution in [0.5, 0.6) is 0 Å². The summed E-state index contributed by atoms with van der Waals surface area (Å²) < 4.78 is 4.79. The van der Waals surface area contributed by atoms with Gasteiger partial charge in [0.25, 0.3) is 5.69 Å². The molecule has 0 aliphatic rings. The maximum Gasteiger partial charge on any atom is 0.269 e. The van der Waals surface area contributed by atoms with Gasteiger partial charge in [-0.25, -0.2) is 0 Å². The summed E-state index contributed by atoms with van der Waals surface area (Å²) in [5.41, 5.74) is 0.819. The first-order valence-electron chi connectivity index (χ1n) is 4.87. The molecule has 1 aromatic carbocycles. The van der Waals surface area contributed by atoms with Gasteiger partial charge in [0, 0.05) is 32.1 Å². The Morgan fingerprint density at radius 1 is 1.38 bits per heavy atom. The number of Topliss-reactive ketones (excluding diaryl/α,β-unsaturated/α-hetero) is 1. The molecule has 0 unspecified atom stereocenters. The number of non-ortho nitro benzene ring substituents is 1. The van der Waals surface area contributed by atoms with Crippen molar-refractivity contribution in [2.45, 2.75) is 12.8 Å². The van der Waals surface area contributed by atoms with Crippen molar-refractivity contribution in [3.05, 3.63) is 39.9 Å². The summed E-state index contributed by atoms with van der Waals surface area (Å²) in [6, 6.07) is 6.00. The molecule has 0 fully saturated rings. The summed E-state index contributed by atoms with van der Waals surface area (Å²) in [5, 5.41) is 10.4. The molecule has 0 saturated carbocycles. The van der Waals surface area contributed by atoms with Crippen LogP contribution in [-0.4, -0.2) is 24.4 Å². The standard InChI is InChI=1S/C11H13NO4/c1-16-7-6-11(13)8-9-2-4-10(5-3-9)12(14)15/h2-5H,6-8H2,1H3. The predicted molar refractivity (Wildman–Crippen MR) is 58.3 cm³/mol. The maximum absolute atomic E-state index is 11.4. The van der Waals surface area contributed by atoms with Crippen LogP contribution in [0, 0.1) is 10.1 Å². The lowest BCUT2D eigenvalue weighted by Crippen LogP contribution is -2.06. The first-order valence-corrected chi connectivity index (χ1v) is 4.87. The second-order valence-electron chi connectivity index (χ2n) is 3.38. The normalized spacial score (nSPS) is 10.1. The van der Waals surface area contributed by atoms with E-state index in [0.717, 1.165) is 5.56 Å². The van der Waals surface area contributed by atoms with Crippen LogP contribution in [0.2, 0.25) is 0 Å². The van der Waals surface area contributed by atoms with Gasteiger partial charge in [-0.3, -0.25) is 14.9 Å². The van der Waals surface area contributed by atoms with Crippen molar-refractivity contribution in [2.24, 2.45) is 0 Å². The molecule has 0 saturated heterocycles. The number of carbonyl (C=O) groups is 1. The van der Waals surface area contributed by atoms with Gasteiger partial charge in [-0.1, -0.05) is 12.1 Å². The smallest absolute Gasteiger partial charge is 0.269 e. The lowest BCUT2D eigenvalue weighted by molar-refractivity contribution is -0.384. The number of carbonyl (C=O) groups excluding carboxylic acids is 1. The van der Waals surface area contributed by atoms with Gasteiger partial charge in [0.15, 0.2) is 0 Å². The fraction of sp³-hybridized carbons (Fsp3) is 0.364. The molecular formula is C11H13NO4. The third-order valence-corrected chi connectivity index (χ3v) is 2.13. The third kappa shape index (κ3) is 3.78. The van der Waals surface area contributed by atoms with Gasteiger partial charge >= 0.3 is 0 Å². The highest BCUT2D eigenvalue weighted by Crippen LogP contribution is 2.12. The highest BCUT2D eigenvalue weighted by atomic mass is 16.6. The molecule has 16 heavy (non-hydrogen) atoms. The molecular weight excluding hydrogens is 210 g/mol. The van der Waals surface area contributed by atoms with E-state index in [0.29, 0.717) is 19.4 Å². The van der Waals surface area contributed by atoms with E-state index >= 15 is 0 Å². The van der Waals surface area contributed by atoms with Crippen LogP contribution in [0.25, 0.3) is 0 Å². The monoisotopic (exact) mass is 223 g/mol. The van der Waals surface area contributed by atoms with Crippen molar-refractivity contribution in [3.63, 3.8) is 0 Å². The Morgan fingerprint density at radius 3 is 2.50 bits per heavy atom. The van der Waals surface area contributed by atoms with Crippen LogP contribution in [0.3, 0.4) is 0 Å². The fourth-order valence-corrected chi connectivity index (χ4v) is 1.27. The number of ketones is 1. The first-order chi connectivity index (χ1) is 7.63. The fourth-order valence-electron chi connectivity index (χ4n) is 1.27. The van der Waals surface area contributed by atoms with E-state index in [-0.39, 0.29) is 11.5 Å². The van der Waals surface area contributed by atoms with Crippen molar-refractivity contribution in [1.82, 2.24) is 0 Å². The molecule has 1 rings (SSSR count). The maximum atomic E-state index is 11.4. The number of benzene rings is 1. The zero-order valence-electron chi connectivity index (χ0n) is 9.01. The highest BCUT2D eigenvalue weighted by Gasteiger charge is 2.07. The quantitative estimate of drug-likeness (QED) is 0.544. The molecule has 5 heteroatoms. The van der Waals surface area contributed by atoms with E-state index in [1.54, 1.807) is 19.2 Å². The van der Waals surface area contributed by atoms with E-state index in [2.05, 4.69) is 0 Å². The molecule has 0 spiro atoms. The van der Waals surface area contributed by atoms with Gasteiger partial charge in [-0.2, -0.15) is 0 Å². The first kappa shape index (κ1) is 12.3. The van der Waals surface area contributed by atoms with Crippen LogP contribution in [0.4, 0.5) is 5.69 Å².